The summed E-state index contributed by atoms with van der Waals surface area (Å²) in [5.74, 6) is -3.94. The first-order valence-corrected chi connectivity index (χ1v) is 2.80. The van der Waals surface area contributed by atoms with E-state index in [0.717, 1.165) is 18.2 Å². The summed E-state index contributed by atoms with van der Waals surface area (Å²) in [4.78, 5) is 10.2. The molecule has 0 aliphatic carbocycles. The second kappa shape index (κ2) is 4.54. The van der Waals surface area contributed by atoms with Crippen LogP contribution in [0.15, 0.2) is 18.2 Å². The van der Waals surface area contributed by atoms with E-state index in [2.05, 4.69) is 0 Å². The van der Waals surface area contributed by atoms with Crippen molar-refractivity contribution in [3.05, 3.63) is 35.4 Å². The third-order valence-corrected chi connectivity index (χ3v) is 1.18. The minimum absolute atomic E-state index is 0. The van der Waals surface area contributed by atoms with Crippen LogP contribution in [0.4, 0.5) is 8.78 Å². The number of rotatable bonds is 1. The van der Waals surface area contributed by atoms with Gasteiger partial charge in [0.05, 0.1) is 5.56 Å². The van der Waals surface area contributed by atoms with Gasteiger partial charge in [-0.25, -0.2) is 13.6 Å². The number of carboxylic acids is 1. The van der Waals surface area contributed by atoms with Crippen molar-refractivity contribution in [1.82, 2.24) is 0 Å². The number of carboxylic acid groups (broad SMARTS) is 1. The Bertz CT molecular complexity index is 301. The van der Waals surface area contributed by atoms with Crippen LogP contribution in [0.2, 0.25) is 0 Å². The molecule has 1 rings (SSSR count). The van der Waals surface area contributed by atoms with Gasteiger partial charge in [0.2, 0.25) is 0 Å². The molecule has 0 aliphatic heterocycles. The number of hydrogen-bond donors (Lipinski definition) is 1. The van der Waals surface area contributed by atoms with Gasteiger partial charge < -0.3 is 5.11 Å². The van der Waals surface area contributed by atoms with Gasteiger partial charge >= 0.3 is 35.5 Å². The molecule has 60 valence electrons. The average Bonchev–Trinajstić information content (AvgIpc) is 1.94. The van der Waals surface area contributed by atoms with Crippen LogP contribution in [0.25, 0.3) is 0 Å². The molecule has 0 saturated heterocycles. The van der Waals surface area contributed by atoms with Gasteiger partial charge in [0, 0.05) is 0 Å². The fraction of sp³-hybridized carbons (Fsp3) is 0. The molecule has 0 aromatic heterocycles. The number of benzene rings is 1. The van der Waals surface area contributed by atoms with Crippen molar-refractivity contribution >= 4 is 35.5 Å². The summed E-state index contributed by atoms with van der Waals surface area (Å²) in [5.41, 5.74) is -0.648. The van der Waals surface area contributed by atoms with E-state index in [1.54, 1.807) is 0 Å². The maximum atomic E-state index is 12.5. The van der Waals surface area contributed by atoms with E-state index in [9.17, 15) is 13.6 Å². The summed E-state index contributed by atoms with van der Waals surface area (Å²) in [7, 11) is 0. The molecule has 0 aliphatic rings. The molecule has 1 aromatic carbocycles. The fourth-order valence-corrected chi connectivity index (χ4v) is 0.669. The van der Waals surface area contributed by atoms with Gasteiger partial charge in [0.1, 0.15) is 0 Å². The van der Waals surface area contributed by atoms with E-state index in [1.807, 2.05) is 0 Å². The zero-order valence-electron chi connectivity index (χ0n) is 5.34. The Hall–Kier alpha value is -0.450. The van der Waals surface area contributed by atoms with Crippen molar-refractivity contribution in [1.29, 1.82) is 0 Å². The van der Waals surface area contributed by atoms with Gasteiger partial charge in [-0.2, -0.15) is 0 Å². The molecule has 0 heterocycles. The Morgan fingerprint density at radius 3 is 2.33 bits per heavy atom. The average molecular weight is 182 g/mol. The van der Waals surface area contributed by atoms with Crippen LogP contribution in [-0.4, -0.2) is 40.6 Å². The third-order valence-electron chi connectivity index (χ3n) is 1.18. The quantitative estimate of drug-likeness (QED) is 0.658. The van der Waals surface area contributed by atoms with Crippen molar-refractivity contribution in [3.63, 3.8) is 0 Å². The summed E-state index contributed by atoms with van der Waals surface area (Å²) in [5, 5.41) is 8.28. The van der Waals surface area contributed by atoms with Gasteiger partial charge in [0.25, 0.3) is 0 Å². The van der Waals surface area contributed by atoms with E-state index >= 15 is 0 Å². The minimum atomic E-state index is -1.47. The Morgan fingerprint density at radius 2 is 1.92 bits per heavy atom. The standard InChI is InChI=1S/C7H4F2O2.Na.H/c8-5-3-1-2-4(6(5)9)7(10)11;;/h1-3H,(H,10,11);;. The van der Waals surface area contributed by atoms with Crippen LogP contribution in [0.1, 0.15) is 10.4 Å². The first-order chi connectivity index (χ1) is 5.13. The van der Waals surface area contributed by atoms with Crippen LogP contribution >= 0.6 is 0 Å². The van der Waals surface area contributed by atoms with Gasteiger partial charge in [-0.15, -0.1) is 0 Å². The fourth-order valence-electron chi connectivity index (χ4n) is 0.669. The zero-order valence-corrected chi connectivity index (χ0v) is 5.34. The second-order valence-corrected chi connectivity index (χ2v) is 1.91. The van der Waals surface area contributed by atoms with E-state index in [4.69, 9.17) is 5.11 Å². The van der Waals surface area contributed by atoms with Gasteiger partial charge in [-0.3, -0.25) is 0 Å². The first-order valence-electron chi connectivity index (χ1n) is 2.80. The van der Waals surface area contributed by atoms with Crippen LogP contribution in [0.5, 0.6) is 0 Å². The molecule has 5 heteroatoms. The Kier molecular flexibility index (Phi) is 4.37. The number of halogens is 2. The molecule has 1 aromatic rings. The molecule has 1 N–H and O–H groups in total. The Labute approximate surface area is 89.5 Å². The van der Waals surface area contributed by atoms with Crippen molar-refractivity contribution in [3.8, 4) is 0 Å². The Morgan fingerprint density at radius 1 is 1.33 bits per heavy atom. The molecule has 12 heavy (non-hydrogen) atoms. The number of carbonyl (C=O) groups is 1. The summed E-state index contributed by atoms with van der Waals surface area (Å²) in [6.45, 7) is 0. The third kappa shape index (κ3) is 2.27. The summed E-state index contributed by atoms with van der Waals surface area (Å²) < 4.78 is 24.8. The normalized spacial score (nSPS) is 8.83. The predicted molar refractivity (Wildman–Crippen MR) is 40.5 cm³/mol. The Balaban J connectivity index is 0.00000121. The summed E-state index contributed by atoms with van der Waals surface area (Å²) >= 11 is 0. The molecule has 0 bridgehead atoms. The van der Waals surface area contributed by atoms with Crippen LogP contribution < -0.4 is 0 Å². The second-order valence-electron chi connectivity index (χ2n) is 1.91. The van der Waals surface area contributed by atoms with Gasteiger partial charge in [0.15, 0.2) is 11.6 Å². The SMILES string of the molecule is O=C(O)c1cccc(F)c1F.[NaH]. The van der Waals surface area contributed by atoms with Gasteiger partial charge in [-0.1, -0.05) is 6.07 Å². The molecular weight excluding hydrogens is 177 g/mol. The molecule has 0 atom stereocenters. The van der Waals surface area contributed by atoms with E-state index in [1.165, 1.54) is 0 Å². The van der Waals surface area contributed by atoms with E-state index < -0.39 is 23.2 Å². The van der Waals surface area contributed by atoms with Crippen molar-refractivity contribution < 1.29 is 18.7 Å². The van der Waals surface area contributed by atoms with Crippen LogP contribution in [0.3, 0.4) is 0 Å². The van der Waals surface area contributed by atoms with E-state index in [0.29, 0.717) is 0 Å². The molecule has 2 nitrogen and oxygen atoms in total. The summed E-state index contributed by atoms with van der Waals surface area (Å²) in [6.07, 6.45) is 0. The predicted octanol–water partition coefficient (Wildman–Crippen LogP) is 1.01. The summed E-state index contributed by atoms with van der Waals surface area (Å²) in [6, 6.07) is 3.00. The van der Waals surface area contributed by atoms with Crippen molar-refractivity contribution in [2.45, 2.75) is 0 Å². The van der Waals surface area contributed by atoms with Crippen LogP contribution in [0, 0.1) is 11.6 Å². The molecule has 0 unspecified atom stereocenters. The van der Waals surface area contributed by atoms with Crippen molar-refractivity contribution in [2.75, 3.05) is 0 Å². The monoisotopic (exact) mass is 182 g/mol. The molecule has 0 amide bonds. The molecule has 0 spiro atoms. The number of hydrogen-bond acceptors (Lipinski definition) is 1. The van der Waals surface area contributed by atoms with Gasteiger partial charge in [-0.05, 0) is 12.1 Å². The van der Waals surface area contributed by atoms with Crippen LogP contribution in [-0.2, 0) is 0 Å². The molecule has 0 saturated carbocycles. The molecule has 0 fully saturated rings. The topological polar surface area (TPSA) is 37.3 Å². The maximum absolute atomic E-state index is 12.5. The number of aromatic carboxylic acids is 1. The van der Waals surface area contributed by atoms with Crippen molar-refractivity contribution in [2.24, 2.45) is 0 Å². The zero-order chi connectivity index (χ0) is 8.43. The first kappa shape index (κ1) is 11.5. The van der Waals surface area contributed by atoms with E-state index in [-0.39, 0.29) is 29.6 Å². The molecular formula is C7H5F2NaO2. The molecule has 0 radical (unpaired) electrons.